The molecule has 2 nitrogen and oxygen atoms in total. The lowest BCUT2D eigenvalue weighted by Crippen LogP contribution is -2.33. The number of aliphatic hydroxyl groups is 1. The van der Waals surface area contributed by atoms with Crippen molar-refractivity contribution < 1.29 is 5.11 Å². The van der Waals surface area contributed by atoms with Crippen molar-refractivity contribution in [3.8, 4) is 0 Å². The highest BCUT2D eigenvalue weighted by Gasteiger charge is 2.29. The number of nitrogens with one attached hydrogen (secondary N) is 1. The molecule has 0 spiro atoms. The number of halogens is 1. The van der Waals surface area contributed by atoms with Crippen molar-refractivity contribution in [3.05, 3.63) is 21.3 Å². The van der Waals surface area contributed by atoms with Gasteiger partial charge < -0.3 is 10.4 Å². The average molecular weight is 260 g/mol. The summed E-state index contributed by atoms with van der Waals surface area (Å²) in [4.78, 5) is 0.947. The molecule has 2 unspecified atom stereocenters. The first-order chi connectivity index (χ1) is 7.70. The van der Waals surface area contributed by atoms with Crippen LogP contribution < -0.4 is 5.32 Å². The van der Waals surface area contributed by atoms with Gasteiger partial charge in [-0.15, -0.1) is 11.3 Å². The zero-order valence-corrected chi connectivity index (χ0v) is 11.0. The third-order valence-electron chi connectivity index (χ3n) is 3.13. The van der Waals surface area contributed by atoms with Crippen LogP contribution in [0.1, 0.15) is 37.2 Å². The molecule has 0 bridgehead atoms. The lowest BCUT2D eigenvalue weighted by molar-refractivity contribution is 0.171. The normalized spacial score (nSPS) is 19.7. The quantitative estimate of drug-likeness (QED) is 0.822. The standard InChI is InChI=1S/C12H18ClNOS/c1-2-9(8-3-4-8)14-7-10(15)11-5-6-12(13)16-11/h5-6,8-10,14-15H,2-4,7H2,1H3. The van der Waals surface area contributed by atoms with Crippen molar-refractivity contribution in [1.29, 1.82) is 0 Å². The predicted octanol–water partition coefficient (Wildman–Crippen LogP) is 3.21. The Kier molecular flexibility index (Phi) is 4.25. The maximum Gasteiger partial charge on any atom is 0.101 e. The Morgan fingerprint density at radius 3 is 2.81 bits per heavy atom. The van der Waals surface area contributed by atoms with Crippen LogP contribution in [0.3, 0.4) is 0 Å². The minimum absolute atomic E-state index is 0.426. The molecule has 90 valence electrons. The molecule has 1 aliphatic rings. The molecule has 1 fully saturated rings. The fraction of sp³-hybridized carbons (Fsp3) is 0.667. The maximum absolute atomic E-state index is 9.97. The van der Waals surface area contributed by atoms with E-state index in [9.17, 15) is 5.11 Å². The highest BCUT2D eigenvalue weighted by Crippen LogP contribution is 2.34. The molecule has 0 aliphatic heterocycles. The summed E-state index contributed by atoms with van der Waals surface area (Å²) in [6.45, 7) is 2.83. The van der Waals surface area contributed by atoms with Gasteiger partial charge in [0.2, 0.25) is 0 Å². The Morgan fingerprint density at radius 2 is 2.31 bits per heavy atom. The third kappa shape index (κ3) is 3.20. The largest absolute Gasteiger partial charge is 0.386 e. The van der Waals surface area contributed by atoms with Gasteiger partial charge in [-0.25, -0.2) is 0 Å². The van der Waals surface area contributed by atoms with Gasteiger partial charge in [0.15, 0.2) is 0 Å². The molecule has 2 atom stereocenters. The molecule has 1 aromatic rings. The SMILES string of the molecule is CCC(NCC(O)c1ccc(Cl)s1)C1CC1. The van der Waals surface area contributed by atoms with Gasteiger partial charge in [0.1, 0.15) is 6.10 Å². The smallest absolute Gasteiger partial charge is 0.101 e. The van der Waals surface area contributed by atoms with Crippen molar-refractivity contribution in [2.24, 2.45) is 5.92 Å². The molecule has 4 heteroatoms. The molecule has 1 aromatic heterocycles. The summed E-state index contributed by atoms with van der Waals surface area (Å²) in [5, 5.41) is 13.4. The van der Waals surface area contributed by atoms with Gasteiger partial charge in [-0.05, 0) is 37.3 Å². The van der Waals surface area contributed by atoms with E-state index in [1.807, 2.05) is 12.1 Å². The van der Waals surface area contributed by atoms with E-state index in [0.717, 1.165) is 21.6 Å². The maximum atomic E-state index is 9.97. The Hall–Kier alpha value is -0.0900. The van der Waals surface area contributed by atoms with E-state index in [-0.39, 0.29) is 0 Å². The Bertz CT molecular complexity index is 338. The summed E-state index contributed by atoms with van der Waals surface area (Å²) in [6.07, 6.45) is 3.40. The van der Waals surface area contributed by atoms with E-state index >= 15 is 0 Å². The first kappa shape index (κ1) is 12.4. The number of rotatable bonds is 6. The van der Waals surface area contributed by atoms with Crippen LogP contribution in [0.4, 0.5) is 0 Å². The van der Waals surface area contributed by atoms with Crippen molar-refractivity contribution in [2.45, 2.75) is 38.3 Å². The van der Waals surface area contributed by atoms with Gasteiger partial charge in [-0.1, -0.05) is 18.5 Å². The van der Waals surface area contributed by atoms with E-state index in [1.165, 1.54) is 24.2 Å². The molecule has 2 rings (SSSR count). The Morgan fingerprint density at radius 1 is 1.56 bits per heavy atom. The second-order valence-electron chi connectivity index (χ2n) is 4.42. The second-order valence-corrected chi connectivity index (χ2v) is 6.16. The van der Waals surface area contributed by atoms with Crippen molar-refractivity contribution in [2.75, 3.05) is 6.54 Å². The van der Waals surface area contributed by atoms with Crippen LogP contribution in [0, 0.1) is 5.92 Å². The fourth-order valence-corrected chi connectivity index (χ4v) is 3.06. The minimum Gasteiger partial charge on any atom is -0.386 e. The Labute approximate surface area is 106 Å². The lowest BCUT2D eigenvalue weighted by atomic mass is 10.1. The minimum atomic E-state index is -0.426. The highest BCUT2D eigenvalue weighted by atomic mass is 35.5. The molecule has 0 amide bonds. The first-order valence-electron chi connectivity index (χ1n) is 5.87. The molecule has 0 saturated heterocycles. The van der Waals surface area contributed by atoms with Crippen LogP contribution in [0.2, 0.25) is 4.34 Å². The van der Waals surface area contributed by atoms with Gasteiger partial charge >= 0.3 is 0 Å². The molecule has 1 heterocycles. The molecular weight excluding hydrogens is 242 g/mol. The van der Waals surface area contributed by atoms with Gasteiger partial charge in [0.05, 0.1) is 4.34 Å². The van der Waals surface area contributed by atoms with E-state index in [0.29, 0.717) is 12.6 Å². The summed E-state index contributed by atoms with van der Waals surface area (Å²) in [7, 11) is 0. The molecule has 0 aromatic carbocycles. The third-order valence-corrected chi connectivity index (χ3v) is 4.46. The zero-order chi connectivity index (χ0) is 11.5. The van der Waals surface area contributed by atoms with Crippen LogP contribution >= 0.6 is 22.9 Å². The molecule has 2 N–H and O–H groups in total. The van der Waals surface area contributed by atoms with E-state index in [1.54, 1.807) is 0 Å². The van der Waals surface area contributed by atoms with Crippen LogP contribution in [-0.2, 0) is 0 Å². The predicted molar refractivity (Wildman–Crippen MR) is 69.1 cm³/mol. The van der Waals surface area contributed by atoms with E-state index in [2.05, 4.69) is 12.2 Å². The number of aliphatic hydroxyl groups excluding tert-OH is 1. The highest BCUT2D eigenvalue weighted by molar-refractivity contribution is 7.16. The van der Waals surface area contributed by atoms with E-state index < -0.39 is 6.10 Å². The summed E-state index contributed by atoms with van der Waals surface area (Å²) < 4.78 is 0.739. The van der Waals surface area contributed by atoms with Crippen molar-refractivity contribution in [1.82, 2.24) is 5.32 Å². The number of thiophene rings is 1. The Balaban J connectivity index is 1.80. The van der Waals surface area contributed by atoms with Crippen LogP contribution in [0.25, 0.3) is 0 Å². The lowest BCUT2D eigenvalue weighted by Gasteiger charge is -2.18. The molecule has 0 radical (unpaired) electrons. The van der Waals surface area contributed by atoms with Gasteiger partial charge in [0, 0.05) is 17.5 Å². The molecule has 1 saturated carbocycles. The second kappa shape index (κ2) is 5.50. The van der Waals surface area contributed by atoms with Crippen molar-refractivity contribution in [3.63, 3.8) is 0 Å². The summed E-state index contributed by atoms with van der Waals surface area (Å²) >= 11 is 7.30. The summed E-state index contributed by atoms with van der Waals surface area (Å²) in [5.41, 5.74) is 0. The topological polar surface area (TPSA) is 32.3 Å². The molecule has 16 heavy (non-hydrogen) atoms. The van der Waals surface area contributed by atoms with Gasteiger partial charge in [-0.2, -0.15) is 0 Å². The molecule has 1 aliphatic carbocycles. The molecular formula is C12H18ClNOS. The van der Waals surface area contributed by atoms with Gasteiger partial charge in [-0.3, -0.25) is 0 Å². The van der Waals surface area contributed by atoms with Crippen LogP contribution in [0.5, 0.6) is 0 Å². The zero-order valence-electron chi connectivity index (χ0n) is 9.45. The fourth-order valence-electron chi connectivity index (χ4n) is 2.01. The average Bonchev–Trinajstić information content (AvgIpc) is 3.01. The van der Waals surface area contributed by atoms with Crippen LogP contribution in [-0.4, -0.2) is 17.7 Å². The van der Waals surface area contributed by atoms with Gasteiger partial charge in [0.25, 0.3) is 0 Å². The number of hydrogen-bond donors (Lipinski definition) is 2. The first-order valence-corrected chi connectivity index (χ1v) is 7.06. The number of hydrogen-bond acceptors (Lipinski definition) is 3. The summed E-state index contributed by atoms with van der Waals surface area (Å²) in [6, 6.07) is 4.31. The monoisotopic (exact) mass is 259 g/mol. The van der Waals surface area contributed by atoms with Crippen LogP contribution in [0.15, 0.2) is 12.1 Å². The summed E-state index contributed by atoms with van der Waals surface area (Å²) in [5.74, 6) is 0.837. The van der Waals surface area contributed by atoms with E-state index in [4.69, 9.17) is 11.6 Å². The van der Waals surface area contributed by atoms with Crippen molar-refractivity contribution >= 4 is 22.9 Å².